The molecule has 0 saturated heterocycles. The standard InChI is InChI=1S/C10H10N4O3S/c1-5-12-7(2-8(15)13-5)11-3-9-14-6(4-18-9)10(16)17/h2,4H,3H2,1H3,(H,16,17)(H2,11,12,13,15). The number of hydrogen-bond acceptors (Lipinski definition) is 6. The zero-order chi connectivity index (χ0) is 13.1. The number of aromatic nitrogens is 3. The monoisotopic (exact) mass is 266 g/mol. The molecule has 7 nitrogen and oxygen atoms in total. The van der Waals surface area contributed by atoms with Gasteiger partial charge in [-0.15, -0.1) is 11.3 Å². The third kappa shape index (κ3) is 2.92. The molecule has 3 N–H and O–H groups in total. The summed E-state index contributed by atoms with van der Waals surface area (Å²) in [7, 11) is 0. The van der Waals surface area contributed by atoms with Crippen LogP contribution in [0.25, 0.3) is 0 Å². The van der Waals surface area contributed by atoms with Crippen LogP contribution in [0.3, 0.4) is 0 Å². The maximum Gasteiger partial charge on any atom is 0.355 e. The summed E-state index contributed by atoms with van der Waals surface area (Å²) in [6, 6.07) is 1.33. The normalized spacial score (nSPS) is 10.3. The van der Waals surface area contributed by atoms with Crippen LogP contribution in [-0.2, 0) is 6.54 Å². The van der Waals surface area contributed by atoms with Crippen molar-refractivity contribution in [1.82, 2.24) is 15.0 Å². The van der Waals surface area contributed by atoms with Crippen molar-refractivity contribution in [1.29, 1.82) is 0 Å². The van der Waals surface area contributed by atoms with Crippen molar-refractivity contribution in [3.63, 3.8) is 0 Å². The fourth-order valence-corrected chi connectivity index (χ4v) is 2.03. The Kier molecular flexibility index (Phi) is 3.38. The van der Waals surface area contributed by atoms with E-state index in [4.69, 9.17) is 5.11 Å². The number of carboxylic acids is 1. The summed E-state index contributed by atoms with van der Waals surface area (Å²) in [5.41, 5.74) is -0.220. The quantitative estimate of drug-likeness (QED) is 0.757. The Morgan fingerprint density at radius 3 is 2.94 bits per heavy atom. The molecule has 0 fully saturated rings. The number of anilines is 1. The molecule has 2 aromatic rings. The van der Waals surface area contributed by atoms with Crippen molar-refractivity contribution in [2.24, 2.45) is 0 Å². The van der Waals surface area contributed by atoms with Crippen LogP contribution in [-0.4, -0.2) is 26.0 Å². The molecule has 0 aliphatic rings. The Morgan fingerprint density at radius 2 is 2.33 bits per heavy atom. The van der Waals surface area contributed by atoms with Gasteiger partial charge in [-0.1, -0.05) is 0 Å². The second-order valence-electron chi connectivity index (χ2n) is 3.50. The summed E-state index contributed by atoms with van der Waals surface area (Å²) >= 11 is 1.24. The van der Waals surface area contributed by atoms with E-state index in [0.717, 1.165) is 0 Å². The first-order chi connectivity index (χ1) is 8.54. The van der Waals surface area contributed by atoms with E-state index in [1.807, 2.05) is 0 Å². The first-order valence-electron chi connectivity index (χ1n) is 5.04. The van der Waals surface area contributed by atoms with Gasteiger partial charge >= 0.3 is 5.97 Å². The molecule has 2 heterocycles. The van der Waals surface area contributed by atoms with E-state index >= 15 is 0 Å². The molecule has 0 bridgehead atoms. The van der Waals surface area contributed by atoms with Gasteiger partial charge in [-0.05, 0) is 6.92 Å². The number of H-pyrrole nitrogens is 1. The molecule has 2 rings (SSSR count). The van der Waals surface area contributed by atoms with E-state index in [0.29, 0.717) is 23.2 Å². The Labute approximate surface area is 106 Å². The van der Waals surface area contributed by atoms with Crippen LogP contribution >= 0.6 is 11.3 Å². The number of nitrogens with one attached hydrogen (secondary N) is 2. The van der Waals surface area contributed by atoms with Crippen molar-refractivity contribution >= 4 is 23.1 Å². The lowest BCUT2D eigenvalue weighted by molar-refractivity contribution is 0.0691. The Balaban J connectivity index is 2.06. The number of aromatic amines is 1. The van der Waals surface area contributed by atoms with E-state index in [1.54, 1.807) is 6.92 Å². The van der Waals surface area contributed by atoms with Crippen molar-refractivity contribution in [3.05, 3.63) is 38.3 Å². The van der Waals surface area contributed by atoms with Gasteiger partial charge in [0.2, 0.25) is 0 Å². The molecule has 0 amide bonds. The molecule has 0 aliphatic heterocycles. The van der Waals surface area contributed by atoms with Crippen LogP contribution < -0.4 is 10.9 Å². The predicted molar refractivity (Wildman–Crippen MR) is 66.0 cm³/mol. The highest BCUT2D eigenvalue weighted by Gasteiger charge is 2.08. The average molecular weight is 266 g/mol. The maximum atomic E-state index is 11.2. The van der Waals surface area contributed by atoms with Gasteiger partial charge in [-0.25, -0.2) is 14.8 Å². The van der Waals surface area contributed by atoms with E-state index in [2.05, 4.69) is 20.3 Å². The van der Waals surface area contributed by atoms with Crippen LogP contribution in [0.1, 0.15) is 21.3 Å². The Bertz CT molecular complexity index is 634. The van der Waals surface area contributed by atoms with Gasteiger partial charge in [0.05, 0.1) is 6.54 Å². The van der Waals surface area contributed by atoms with Crippen LogP contribution in [0.2, 0.25) is 0 Å². The van der Waals surface area contributed by atoms with Crippen LogP contribution in [0, 0.1) is 6.92 Å². The smallest absolute Gasteiger partial charge is 0.355 e. The molecular weight excluding hydrogens is 256 g/mol. The first kappa shape index (κ1) is 12.2. The highest BCUT2D eigenvalue weighted by atomic mass is 32.1. The number of thiazole rings is 1. The molecular formula is C10H10N4O3S. The summed E-state index contributed by atoms with van der Waals surface area (Å²) in [4.78, 5) is 32.4. The number of nitrogens with zero attached hydrogens (tertiary/aromatic N) is 2. The second-order valence-corrected chi connectivity index (χ2v) is 4.44. The number of hydrogen-bond donors (Lipinski definition) is 3. The molecule has 18 heavy (non-hydrogen) atoms. The first-order valence-corrected chi connectivity index (χ1v) is 5.92. The summed E-state index contributed by atoms with van der Waals surface area (Å²) in [6.07, 6.45) is 0. The van der Waals surface area contributed by atoms with Gasteiger partial charge in [-0.2, -0.15) is 0 Å². The average Bonchev–Trinajstić information content (AvgIpc) is 2.73. The molecule has 2 aromatic heterocycles. The summed E-state index contributed by atoms with van der Waals surface area (Å²) in [5, 5.41) is 13.7. The van der Waals surface area contributed by atoms with E-state index in [-0.39, 0.29) is 11.3 Å². The SMILES string of the molecule is Cc1nc(NCc2nc(C(=O)O)cs2)cc(=O)[nH]1. The fraction of sp³-hybridized carbons (Fsp3) is 0.200. The summed E-state index contributed by atoms with van der Waals surface area (Å²) in [6.45, 7) is 2.01. The largest absolute Gasteiger partial charge is 0.476 e. The number of carbonyl (C=O) groups is 1. The number of rotatable bonds is 4. The molecule has 0 aliphatic carbocycles. The highest BCUT2D eigenvalue weighted by Crippen LogP contribution is 2.11. The lowest BCUT2D eigenvalue weighted by Crippen LogP contribution is -2.11. The third-order valence-corrected chi connectivity index (χ3v) is 2.90. The van der Waals surface area contributed by atoms with Crippen molar-refractivity contribution in [3.8, 4) is 0 Å². The van der Waals surface area contributed by atoms with E-state index in [9.17, 15) is 9.59 Å². The minimum atomic E-state index is -1.05. The molecule has 94 valence electrons. The zero-order valence-electron chi connectivity index (χ0n) is 9.43. The van der Waals surface area contributed by atoms with Crippen molar-refractivity contribution in [2.75, 3.05) is 5.32 Å². The van der Waals surface area contributed by atoms with Gasteiger partial charge in [0, 0.05) is 11.4 Å². The van der Waals surface area contributed by atoms with E-state index in [1.165, 1.54) is 22.8 Å². The molecule has 0 atom stereocenters. The number of aromatic carboxylic acids is 1. The van der Waals surface area contributed by atoms with Crippen LogP contribution in [0.4, 0.5) is 5.82 Å². The van der Waals surface area contributed by atoms with Gasteiger partial charge in [-0.3, -0.25) is 4.79 Å². The minimum absolute atomic E-state index is 0.0202. The number of aryl methyl sites for hydroxylation is 1. The Hall–Kier alpha value is -2.22. The van der Waals surface area contributed by atoms with Crippen LogP contribution in [0.5, 0.6) is 0 Å². The lowest BCUT2D eigenvalue weighted by Gasteiger charge is -2.03. The third-order valence-electron chi connectivity index (χ3n) is 2.05. The predicted octanol–water partition coefficient (Wildman–Crippen LogP) is 0.845. The van der Waals surface area contributed by atoms with Crippen molar-refractivity contribution in [2.45, 2.75) is 13.5 Å². The zero-order valence-corrected chi connectivity index (χ0v) is 10.2. The molecule has 0 unspecified atom stereocenters. The topological polar surface area (TPSA) is 108 Å². The van der Waals surface area contributed by atoms with Gasteiger partial charge in [0.15, 0.2) is 5.69 Å². The molecule has 0 radical (unpaired) electrons. The van der Waals surface area contributed by atoms with Crippen LogP contribution in [0.15, 0.2) is 16.2 Å². The van der Waals surface area contributed by atoms with E-state index < -0.39 is 5.97 Å². The summed E-state index contributed by atoms with van der Waals surface area (Å²) < 4.78 is 0. The number of carboxylic acid groups (broad SMARTS) is 1. The highest BCUT2D eigenvalue weighted by molar-refractivity contribution is 7.09. The van der Waals surface area contributed by atoms with Gasteiger partial charge < -0.3 is 15.4 Å². The maximum absolute atomic E-state index is 11.2. The molecule has 8 heteroatoms. The fourth-order valence-electron chi connectivity index (χ4n) is 1.33. The lowest BCUT2D eigenvalue weighted by atomic mass is 10.5. The molecule has 0 aromatic carbocycles. The Morgan fingerprint density at radius 1 is 1.56 bits per heavy atom. The summed E-state index contributed by atoms with van der Waals surface area (Å²) in [5.74, 6) is -0.110. The second kappa shape index (κ2) is 4.96. The molecule has 0 spiro atoms. The van der Waals surface area contributed by atoms with Gasteiger partial charge in [0.1, 0.15) is 16.6 Å². The van der Waals surface area contributed by atoms with Gasteiger partial charge in [0.25, 0.3) is 5.56 Å². The van der Waals surface area contributed by atoms with Crippen molar-refractivity contribution < 1.29 is 9.90 Å². The minimum Gasteiger partial charge on any atom is -0.476 e. The molecule has 0 saturated carbocycles.